The van der Waals surface area contributed by atoms with Gasteiger partial charge in [-0.1, -0.05) is 84.6 Å². The molecule has 1 aliphatic rings. The van der Waals surface area contributed by atoms with Gasteiger partial charge in [0.05, 0.1) is 11.8 Å². The van der Waals surface area contributed by atoms with E-state index < -0.39 is 0 Å². The van der Waals surface area contributed by atoms with Gasteiger partial charge in [-0.05, 0) is 23.3 Å². The van der Waals surface area contributed by atoms with Gasteiger partial charge in [-0.15, -0.1) is 10.2 Å². The molecule has 35 heavy (non-hydrogen) atoms. The van der Waals surface area contributed by atoms with E-state index in [0.717, 1.165) is 16.9 Å². The zero-order valence-corrected chi connectivity index (χ0v) is 20.4. The Labute approximate surface area is 208 Å². The van der Waals surface area contributed by atoms with Crippen LogP contribution >= 0.6 is 11.8 Å². The zero-order valence-electron chi connectivity index (χ0n) is 19.6. The molecule has 1 aliphatic heterocycles. The van der Waals surface area contributed by atoms with Crippen molar-refractivity contribution in [2.75, 3.05) is 19.4 Å². The normalized spacial score (nSPS) is 14.7. The van der Waals surface area contributed by atoms with Crippen LogP contribution in [0.5, 0.6) is 11.5 Å². The van der Waals surface area contributed by atoms with Gasteiger partial charge in [0.2, 0.25) is 5.91 Å². The molecule has 8 heteroatoms. The zero-order chi connectivity index (χ0) is 24.2. The highest BCUT2D eigenvalue weighted by Gasteiger charge is 2.28. The average molecular weight is 487 g/mol. The Kier molecular flexibility index (Phi) is 6.72. The lowest BCUT2D eigenvalue weighted by atomic mass is 9.97. The Balaban J connectivity index is 1.28. The minimum Gasteiger partial charge on any atom is -0.485 e. The predicted octanol–water partition coefficient (Wildman–Crippen LogP) is 4.67. The van der Waals surface area contributed by atoms with Crippen molar-refractivity contribution in [2.45, 2.75) is 17.3 Å². The van der Waals surface area contributed by atoms with Crippen LogP contribution in [0.4, 0.5) is 0 Å². The summed E-state index contributed by atoms with van der Waals surface area (Å²) >= 11 is 1.36. The van der Waals surface area contributed by atoms with Gasteiger partial charge in [0.25, 0.3) is 0 Å². The third kappa shape index (κ3) is 4.88. The largest absolute Gasteiger partial charge is 0.485 e. The molecule has 0 fully saturated rings. The molecule has 0 N–H and O–H groups in total. The van der Waals surface area contributed by atoms with Crippen LogP contribution in [-0.4, -0.2) is 45.0 Å². The fourth-order valence-corrected chi connectivity index (χ4v) is 5.00. The third-order valence-electron chi connectivity index (χ3n) is 6.00. The van der Waals surface area contributed by atoms with Crippen LogP contribution in [0.15, 0.2) is 90.1 Å². The first-order valence-electron chi connectivity index (χ1n) is 11.4. The van der Waals surface area contributed by atoms with Crippen LogP contribution < -0.4 is 9.47 Å². The Hall–Kier alpha value is -3.78. The number of fused-ring (bicyclic) bond motifs is 1. The summed E-state index contributed by atoms with van der Waals surface area (Å²) in [7, 11) is 3.73. The molecule has 2 heterocycles. The van der Waals surface area contributed by atoms with Crippen LogP contribution in [0.1, 0.15) is 29.1 Å². The van der Waals surface area contributed by atoms with Gasteiger partial charge in [0, 0.05) is 14.1 Å². The number of carbonyl (C=O) groups is 1. The number of carbonyl (C=O) groups excluding carboxylic acids is 1. The van der Waals surface area contributed by atoms with Crippen molar-refractivity contribution in [1.29, 1.82) is 0 Å². The Morgan fingerprint density at radius 3 is 2.23 bits per heavy atom. The van der Waals surface area contributed by atoms with Gasteiger partial charge in [-0.25, -0.2) is 0 Å². The van der Waals surface area contributed by atoms with Gasteiger partial charge in [0.15, 0.2) is 28.6 Å². The molecule has 0 saturated heterocycles. The summed E-state index contributed by atoms with van der Waals surface area (Å²) in [6.07, 6.45) is -0.365. The number of nitrogens with zero attached hydrogens (tertiary/aromatic N) is 4. The number of ether oxygens (including phenoxy) is 2. The van der Waals surface area contributed by atoms with E-state index in [0.29, 0.717) is 23.3 Å². The summed E-state index contributed by atoms with van der Waals surface area (Å²) < 4.78 is 13.8. The molecule has 0 spiro atoms. The number of amides is 1. The summed E-state index contributed by atoms with van der Waals surface area (Å²) in [5.41, 5.74) is 2.13. The molecule has 0 bridgehead atoms. The molecule has 0 aliphatic carbocycles. The maximum Gasteiger partial charge on any atom is 0.233 e. The molecular formula is C27H26N4O3S. The average Bonchev–Trinajstić information content (AvgIpc) is 3.28. The van der Waals surface area contributed by atoms with E-state index in [1.54, 1.807) is 4.90 Å². The minimum atomic E-state index is -0.365. The molecule has 1 amide bonds. The number of thioether (sulfide) groups is 1. The predicted molar refractivity (Wildman–Crippen MR) is 135 cm³/mol. The lowest BCUT2D eigenvalue weighted by Gasteiger charge is -2.29. The summed E-state index contributed by atoms with van der Waals surface area (Å²) in [4.78, 5) is 15.1. The maximum atomic E-state index is 13.3. The first kappa shape index (κ1) is 23.0. The molecule has 0 saturated carbocycles. The SMILES string of the molecule is CN(C(=O)CSc1nnc([C@@H]2COc3ccccc3O2)n1C)C(c1ccccc1)c1ccccc1. The summed E-state index contributed by atoms with van der Waals surface area (Å²) in [5.74, 6) is 2.31. The Bertz CT molecular complexity index is 1260. The van der Waals surface area contributed by atoms with E-state index in [1.165, 1.54) is 11.8 Å². The fourth-order valence-electron chi connectivity index (χ4n) is 4.16. The van der Waals surface area contributed by atoms with E-state index in [1.807, 2.05) is 104 Å². The Morgan fingerprint density at radius 1 is 0.971 bits per heavy atom. The second-order valence-electron chi connectivity index (χ2n) is 8.28. The lowest BCUT2D eigenvalue weighted by Crippen LogP contribution is -2.33. The highest BCUT2D eigenvalue weighted by Crippen LogP contribution is 2.36. The second-order valence-corrected chi connectivity index (χ2v) is 9.22. The van der Waals surface area contributed by atoms with Crippen molar-refractivity contribution in [1.82, 2.24) is 19.7 Å². The van der Waals surface area contributed by atoms with Gasteiger partial charge < -0.3 is 18.9 Å². The maximum absolute atomic E-state index is 13.3. The molecule has 0 radical (unpaired) electrons. The van der Waals surface area contributed by atoms with E-state index >= 15 is 0 Å². The van der Waals surface area contributed by atoms with Crippen LogP contribution in [0.25, 0.3) is 0 Å². The molecule has 178 valence electrons. The molecule has 4 aromatic rings. The van der Waals surface area contributed by atoms with Gasteiger partial charge in [-0.2, -0.15) is 0 Å². The number of hydrogen-bond acceptors (Lipinski definition) is 6. The van der Waals surface area contributed by atoms with Crippen LogP contribution in [0.3, 0.4) is 0 Å². The summed E-state index contributed by atoms with van der Waals surface area (Å²) in [5, 5.41) is 9.29. The number of hydrogen-bond donors (Lipinski definition) is 0. The molecule has 0 unspecified atom stereocenters. The van der Waals surface area contributed by atoms with Crippen molar-refractivity contribution in [2.24, 2.45) is 7.05 Å². The molecular weight excluding hydrogens is 460 g/mol. The van der Waals surface area contributed by atoms with Crippen molar-refractivity contribution < 1.29 is 14.3 Å². The lowest BCUT2D eigenvalue weighted by molar-refractivity contribution is -0.128. The van der Waals surface area contributed by atoms with Gasteiger partial charge >= 0.3 is 0 Å². The molecule has 5 rings (SSSR count). The summed E-state index contributed by atoms with van der Waals surface area (Å²) in [6, 6.07) is 27.5. The van der Waals surface area contributed by atoms with Crippen molar-refractivity contribution >= 4 is 17.7 Å². The van der Waals surface area contributed by atoms with E-state index in [9.17, 15) is 4.79 Å². The number of benzene rings is 3. The van der Waals surface area contributed by atoms with E-state index in [4.69, 9.17) is 9.47 Å². The second kappa shape index (κ2) is 10.2. The summed E-state index contributed by atoms with van der Waals surface area (Å²) in [6.45, 7) is 0.352. The first-order valence-corrected chi connectivity index (χ1v) is 12.4. The van der Waals surface area contributed by atoms with Gasteiger partial charge in [-0.3, -0.25) is 4.79 Å². The minimum absolute atomic E-state index is 0.00318. The van der Waals surface area contributed by atoms with Crippen LogP contribution in [0.2, 0.25) is 0 Å². The number of aromatic nitrogens is 3. The quantitative estimate of drug-likeness (QED) is 0.354. The molecule has 1 atom stereocenters. The first-order chi connectivity index (χ1) is 17.1. The highest BCUT2D eigenvalue weighted by atomic mass is 32.2. The Morgan fingerprint density at radius 2 is 1.57 bits per heavy atom. The molecule has 1 aromatic heterocycles. The topological polar surface area (TPSA) is 69.5 Å². The van der Waals surface area contributed by atoms with E-state index in [2.05, 4.69) is 10.2 Å². The van der Waals surface area contributed by atoms with Crippen LogP contribution in [-0.2, 0) is 11.8 Å². The van der Waals surface area contributed by atoms with Crippen molar-refractivity contribution in [3.05, 3.63) is 102 Å². The number of rotatable bonds is 7. The number of para-hydroxylation sites is 2. The molecule has 7 nitrogen and oxygen atoms in total. The monoisotopic (exact) mass is 486 g/mol. The van der Waals surface area contributed by atoms with Crippen molar-refractivity contribution in [3.63, 3.8) is 0 Å². The smallest absolute Gasteiger partial charge is 0.233 e. The van der Waals surface area contributed by atoms with E-state index in [-0.39, 0.29) is 23.8 Å². The van der Waals surface area contributed by atoms with Crippen molar-refractivity contribution in [3.8, 4) is 11.5 Å². The van der Waals surface area contributed by atoms with Gasteiger partial charge in [0.1, 0.15) is 6.61 Å². The molecule has 3 aromatic carbocycles. The standard InChI is InChI=1S/C27H26N4O3S/c1-30(25(19-11-5-3-6-12-19)20-13-7-4-8-14-20)24(32)18-35-27-29-28-26(31(27)2)23-17-33-21-15-9-10-16-22(21)34-23/h3-16,23,25H,17-18H2,1-2H3/t23-/m0/s1. The highest BCUT2D eigenvalue weighted by molar-refractivity contribution is 7.99. The van der Waals surface area contributed by atoms with Crippen LogP contribution in [0, 0.1) is 0 Å². The fraction of sp³-hybridized carbons (Fsp3) is 0.222. The third-order valence-corrected chi connectivity index (χ3v) is 7.01.